The van der Waals surface area contributed by atoms with Crippen molar-refractivity contribution < 1.29 is 19.2 Å². The van der Waals surface area contributed by atoms with E-state index < -0.39 is 10.8 Å². The molecule has 146 valence electrons. The zero-order valence-corrected chi connectivity index (χ0v) is 15.6. The molecule has 1 fully saturated rings. The molecule has 2 aromatic carbocycles. The molecule has 0 bridgehead atoms. The maximum Gasteiger partial charge on any atom is 0.269 e. The molecular weight excluding hydrogens is 362 g/mol. The smallest absolute Gasteiger partial charge is 0.269 e. The van der Waals surface area contributed by atoms with E-state index >= 15 is 0 Å². The molecule has 8 nitrogen and oxygen atoms in total. The minimum atomic E-state index is -0.528. The summed E-state index contributed by atoms with van der Waals surface area (Å²) in [7, 11) is 0. The summed E-state index contributed by atoms with van der Waals surface area (Å²) >= 11 is 0. The lowest BCUT2D eigenvalue weighted by molar-refractivity contribution is -0.384. The number of hydrogen-bond acceptors (Lipinski definition) is 5. The van der Waals surface area contributed by atoms with Gasteiger partial charge in [0, 0.05) is 30.8 Å². The van der Waals surface area contributed by atoms with Gasteiger partial charge in [0.25, 0.3) is 17.5 Å². The van der Waals surface area contributed by atoms with Crippen LogP contribution in [0.25, 0.3) is 0 Å². The summed E-state index contributed by atoms with van der Waals surface area (Å²) < 4.78 is 5.67. The molecule has 1 N–H and O–H groups in total. The van der Waals surface area contributed by atoms with Gasteiger partial charge in [0.05, 0.1) is 28.4 Å². The first-order valence-corrected chi connectivity index (χ1v) is 8.94. The van der Waals surface area contributed by atoms with Crippen LogP contribution in [0.3, 0.4) is 0 Å². The third-order valence-electron chi connectivity index (χ3n) is 4.45. The van der Waals surface area contributed by atoms with Crippen molar-refractivity contribution in [2.45, 2.75) is 26.1 Å². The number of nitro groups is 1. The molecule has 0 radical (unpaired) electrons. The third kappa shape index (κ3) is 4.34. The van der Waals surface area contributed by atoms with Gasteiger partial charge in [0.15, 0.2) is 0 Å². The molecule has 2 aromatic rings. The highest BCUT2D eigenvalue weighted by Gasteiger charge is 2.28. The van der Waals surface area contributed by atoms with Crippen molar-refractivity contribution in [2.24, 2.45) is 0 Å². The number of benzene rings is 2. The van der Waals surface area contributed by atoms with E-state index in [0.29, 0.717) is 24.3 Å². The number of nitro benzene ring substituents is 1. The van der Waals surface area contributed by atoms with Gasteiger partial charge in [-0.15, -0.1) is 0 Å². The number of nitrogens with zero attached hydrogens (tertiary/aromatic N) is 2. The number of carbonyl (C=O) groups is 2. The van der Waals surface area contributed by atoms with Crippen molar-refractivity contribution in [3.8, 4) is 0 Å². The molecule has 1 heterocycles. The van der Waals surface area contributed by atoms with Crippen LogP contribution in [0.1, 0.15) is 34.6 Å². The van der Waals surface area contributed by atoms with E-state index in [1.165, 1.54) is 24.3 Å². The van der Waals surface area contributed by atoms with Gasteiger partial charge in [-0.05, 0) is 38.1 Å². The van der Waals surface area contributed by atoms with Crippen molar-refractivity contribution in [3.05, 3.63) is 69.8 Å². The first kappa shape index (κ1) is 19.5. The summed E-state index contributed by atoms with van der Waals surface area (Å²) in [4.78, 5) is 37.5. The average molecular weight is 383 g/mol. The van der Waals surface area contributed by atoms with Gasteiger partial charge in [-0.2, -0.15) is 0 Å². The van der Waals surface area contributed by atoms with Gasteiger partial charge in [-0.25, -0.2) is 0 Å². The standard InChI is InChI=1S/C20H21N3O5/c1-13-11-22(12-14(2)28-13)20(25)17-5-3-4-6-18(17)21-19(24)15-7-9-16(10-8-15)23(26)27/h3-10,13-14H,11-12H2,1-2H3,(H,21,24)/t13-,14-/m0/s1. The maximum absolute atomic E-state index is 13.0. The summed E-state index contributed by atoms with van der Waals surface area (Å²) in [6.07, 6.45) is -0.121. The van der Waals surface area contributed by atoms with Gasteiger partial charge < -0.3 is 15.0 Å². The summed E-state index contributed by atoms with van der Waals surface area (Å²) in [5.74, 6) is -0.625. The molecule has 3 rings (SSSR count). The average Bonchev–Trinajstić information content (AvgIpc) is 2.67. The number of anilines is 1. The van der Waals surface area contributed by atoms with Crippen molar-refractivity contribution in [2.75, 3.05) is 18.4 Å². The summed E-state index contributed by atoms with van der Waals surface area (Å²) in [5.41, 5.74) is 0.950. The molecule has 2 amide bonds. The lowest BCUT2D eigenvalue weighted by Crippen LogP contribution is -2.48. The van der Waals surface area contributed by atoms with Crippen molar-refractivity contribution in [3.63, 3.8) is 0 Å². The second-order valence-corrected chi connectivity index (χ2v) is 6.77. The number of amides is 2. The second kappa shape index (κ2) is 8.18. The Hall–Kier alpha value is -3.26. The minimum Gasteiger partial charge on any atom is -0.372 e. The number of nitrogens with one attached hydrogen (secondary N) is 1. The van der Waals surface area contributed by atoms with E-state index in [-0.39, 0.29) is 29.4 Å². The predicted octanol–water partition coefficient (Wildman–Crippen LogP) is 3.10. The summed E-state index contributed by atoms with van der Waals surface area (Å²) in [6, 6.07) is 12.1. The van der Waals surface area contributed by atoms with Gasteiger partial charge in [0.2, 0.25) is 0 Å². The number of morpholine rings is 1. The van der Waals surface area contributed by atoms with E-state index in [9.17, 15) is 19.7 Å². The lowest BCUT2D eigenvalue weighted by atomic mass is 10.1. The number of non-ortho nitro benzene ring substituents is 1. The Balaban J connectivity index is 1.79. The van der Waals surface area contributed by atoms with E-state index in [2.05, 4.69) is 5.32 Å². The van der Waals surface area contributed by atoms with Gasteiger partial charge in [0.1, 0.15) is 0 Å². The molecule has 0 saturated carbocycles. The highest BCUT2D eigenvalue weighted by molar-refractivity contribution is 6.09. The molecule has 8 heteroatoms. The van der Waals surface area contributed by atoms with Crippen LogP contribution in [-0.2, 0) is 4.74 Å². The zero-order chi connectivity index (χ0) is 20.3. The molecular formula is C20H21N3O5. The van der Waals surface area contributed by atoms with Crippen LogP contribution < -0.4 is 5.32 Å². The fourth-order valence-electron chi connectivity index (χ4n) is 3.22. The Morgan fingerprint density at radius 1 is 1.07 bits per heavy atom. The topological polar surface area (TPSA) is 102 Å². The van der Waals surface area contributed by atoms with E-state index in [1.54, 1.807) is 29.2 Å². The number of para-hydroxylation sites is 1. The molecule has 1 aliphatic heterocycles. The van der Waals surface area contributed by atoms with Crippen LogP contribution in [0.5, 0.6) is 0 Å². The van der Waals surface area contributed by atoms with Crippen molar-refractivity contribution >= 4 is 23.2 Å². The molecule has 1 saturated heterocycles. The van der Waals surface area contributed by atoms with Gasteiger partial charge in [-0.3, -0.25) is 19.7 Å². The van der Waals surface area contributed by atoms with Crippen LogP contribution in [0.4, 0.5) is 11.4 Å². The quantitative estimate of drug-likeness (QED) is 0.646. The van der Waals surface area contributed by atoms with Crippen molar-refractivity contribution in [1.82, 2.24) is 4.90 Å². The Morgan fingerprint density at radius 2 is 1.68 bits per heavy atom. The summed E-state index contributed by atoms with van der Waals surface area (Å²) in [5, 5.41) is 13.5. The number of ether oxygens (including phenoxy) is 1. The Labute approximate surface area is 162 Å². The Morgan fingerprint density at radius 3 is 2.29 bits per heavy atom. The summed E-state index contributed by atoms with van der Waals surface area (Å²) in [6.45, 7) is 4.79. The first-order valence-electron chi connectivity index (χ1n) is 8.94. The van der Waals surface area contributed by atoms with Crippen LogP contribution in [0.15, 0.2) is 48.5 Å². The SMILES string of the molecule is C[C@H]1CN(C(=O)c2ccccc2NC(=O)c2ccc([N+](=O)[O-])cc2)C[C@H](C)O1. The predicted molar refractivity (Wildman–Crippen MR) is 103 cm³/mol. The second-order valence-electron chi connectivity index (χ2n) is 6.77. The molecule has 0 unspecified atom stereocenters. The molecule has 1 aliphatic rings. The van der Waals surface area contributed by atoms with E-state index in [0.717, 1.165) is 0 Å². The largest absolute Gasteiger partial charge is 0.372 e. The number of carbonyl (C=O) groups excluding carboxylic acids is 2. The monoisotopic (exact) mass is 383 g/mol. The number of rotatable bonds is 4. The van der Waals surface area contributed by atoms with Crippen LogP contribution in [-0.4, -0.2) is 46.9 Å². The highest BCUT2D eigenvalue weighted by Crippen LogP contribution is 2.21. The molecule has 2 atom stereocenters. The van der Waals surface area contributed by atoms with E-state index in [1.807, 2.05) is 13.8 Å². The Kier molecular flexibility index (Phi) is 5.70. The highest BCUT2D eigenvalue weighted by atomic mass is 16.6. The normalized spacial score (nSPS) is 19.1. The molecule has 28 heavy (non-hydrogen) atoms. The van der Waals surface area contributed by atoms with Crippen LogP contribution in [0.2, 0.25) is 0 Å². The first-order chi connectivity index (χ1) is 13.3. The third-order valence-corrected chi connectivity index (χ3v) is 4.45. The van der Waals surface area contributed by atoms with Crippen molar-refractivity contribution in [1.29, 1.82) is 0 Å². The zero-order valence-electron chi connectivity index (χ0n) is 15.6. The minimum absolute atomic E-state index is 0.0606. The fraction of sp³-hybridized carbons (Fsp3) is 0.300. The molecule has 0 aromatic heterocycles. The van der Waals surface area contributed by atoms with Gasteiger partial charge in [-0.1, -0.05) is 12.1 Å². The Bertz CT molecular complexity index is 887. The molecule has 0 spiro atoms. The van der Waals surface area contributed by atoms with Crippen LogP contribution in [0, 0.1) is 10.1 Å². The molecule has 0 aliphatic carbocycles. The van der Waals surface area contributed by atoms with Crippen LogP contribution >= 0.6 is 0 Å². The van der Waals surface area contributed by atoms with Gasteiger partial charge >= 0.3 is 0 Å². The lowest BCUT2D eigenvalue weighted by Gasteiger charge is -2.35. The number of hydrogen-bond donors (Lipinski definition) is 1. The van der Waals surface area contributed by atoms with E-state index in [4.69, 9.17) is 4.74 Å². The fourth-order valence-corrected chi connectivity index (χ4v) is 3.22. The maximum atomic E-state index is 13.0.